The third-order valence-electron chi connectivity index (χ3n) is 2.62. The third-order valence-corrected chi connectivity index (χ3v) is 3.23. The van der Waals surface area contributed by atoms with Gasteiger partial charge in [-0.25, -0.2) is 8.78 Å². The Balaban J connectivity index is 2.23. The fourth-order valence-electron chi connectivity index (χ4n) is 1.60. The van der Waals surface area contributed by atoms with Crippen LogP contribution in [0, 0.1) is 18.6 Å². The summed E-state index contributed by atoms with van der Waals surface area (Å²) >= 11 is 3.02. The molecular weight excluding hydrogens is 316 g/mol. The van der Waals surface area contributed by atoms with Crippen molar-refractivity contribution in [3.63, 3.8) is 0 Å². The molecule has 0 spiro atoms. The quantitative estimate of drug-likeness (QED) is 0.876. The molecule has 0 atom stereocenters. The van der Waals surface area contributed by atoms with E-state index < -0.39 is 5.82 Å². The molecule has 0 aliphatic carbocycles. The van der Waals surface area contributed by atoms with Crippen LogP contribution in [0.4, 0.5) is 14.5 Å². The van der Waals surface area contributed by atoms with Gasteiger partial charge >= 0.3 is 0 Å². The molecule has 0 saturated carbocycles. The molecule has 2 aromatic rings. The van der Waals surface area contributed by atoms with Gasteiger partial charge in [0.05, 0.1) is 4.47 Å². The van der Waals surface area contributed by atoms with E-state index in [0.29, 0.717) is 16.8 Å². The number of benzene rings is 2. The second-order valence-electron chi connectivity index (χ2n) is 4.04. The van der Waals surface area contributed by atoms with Gasteiger partial charge < -0.3 is 5.32 Å². The first-order valence-corrected chi connectivity index (χ1v) is 6.29. The molecule has 0 aromatic heterocycles. The molecule has 0 unspecified atom stereocenters. The van der Waals surface area contributed by atoms with E-state index in [2.05, 4.69) is 21.2 Å². The number of hydrogen-bond acceptors (Lipinski definition) is 1. The molecule has 5 heteroatoms. The highest BCUT2D eigenvalue weighted by molar-refractivity contribution is 9.10. The molecule has 0 aliphatic heterocycles. The van der Waals surface area contributed by atoms with Gasteiger partial charge in [0, 0.05) is 11.3 Å². The summed E-state index contributed by atoms with van der Waals surface area (Å²) in [5, 5.41) is 2.65. The van der Waals surface area contributed by atoms with E-state index in [1.54, 1.807) is 6.92 Å². The standard InChI is InChI=1S/C14H10BrF2NO/c1-8-6-10(16)3-5-13(8)18-14(19)9-2-4-12(17)11(15)7-9/h2-7H,1H3,(H,18,19). The summed E-state index contributed by atoms with van der Waals surface area (Å²) in [5.74, 6) is -1.18. The minimum absolute atomic E-state index is 0.218. The number of nitrogens with one attached hydrogen (secondary N) is 1. The van der Waals surface area contributed by atoms with Crippen molar-refractivity contribution >= 4 is 27.5 Å². The van der Waals surface area contributed by atoms with Gasteiger partial charge in [-0.1, -0.05) is 0 Å². The van der Waals surface area contributed by atoms with Crippen molar-refractivity contribution in [2.45, 2.75) is 6.92 Å². The highest BCUT2D eigenvalue weighted by atomic mass is 79.9. The minimum Gasteiger partial charge on any atom is -0.322 e. The predicted octanol–water partition coefficient (Wildman–Crippen LogP) is 4.29. The van der Waals surface area contributed by atoms with Gasteiger partial charge in [-0.15, -0.1) is 0 Å². The van der Waals surface area contributed by atoms with Gasteiger partial charge in [-0.05, 0) is 64.8 Å². The predicted molar refractivity (Wildman–Crippen MR) is 73.2 cm³/mol. The molecule has 98 valence electrons. The Morgan fingerprint density at radius 3 is 2.53 bits per heavy atom. The number of aryl methyl sites for hydroxylation is 1. The van der Waals surface area contributed by atoms with Gasteiger partial charge in [-0.3, -0.25) is 4.79 Å². The molecule has 0 radical (unpaired) electrons. The zero-order chi connectivity index (χ0) is 14.0. The van der Waals surface area contributed by atoms with Crippen LogP contribution in [-0.2, 0) is 0 Å². The summed E-state index contributed by atoms with van der Waals surface area (Å²) in [6.07, 6.45) is 0. The van der Waals surface area contributed by atoms with Crippen molar-refractivity contribution in [1.29, 1.82) is 0 Å². The van der Waals surface area contributed by atoms with Crippen molar-refractivity contribution in [2.75, 3.05) is 5.32 Å². The first-order valence-electron chi connectivity index (χ1n) is 5.50. The Hall–Kier alpha value is -1.75. The number of halogens is 3. The van der Waals surface area contributed by atoms with Crippen LogP contribution >= 0.6 is 15.9 Å². The number of carbonyl (C=O) groups is 1. The lowest BCUT2D eigenvalue weighted by Crippen LogP contribution is -2.13. The molecular formula is C14H10BrF2NO. The van der Waals surface area contributed by atoms with Crippen LogP contribution < -0.4 is 5.32 Å². The number of hydrogen-bond donors (Lipinski definition) is 1. The van der Waals surface area contributed by atoms with E-state index in [9.17, 15) is 13.6 Å². The largest absolute Gasteiger partial charge is 0.322 e. The van der Waals surface area contributed by atoms with Crippen LogP contribution in [0.3, 0.4) is 0 Å². The zero-order valence-corrected chi connectivity index (χ0v) is 11.6. The Kier molecular flexibility index (Phi) is 3.95. The average molecular weight is 326 g/mol. The van der Waals surface area contributed by atoms with E-state index in [4.69, 9.17) is 0 Å². The van der Waals surface area contributed by atoms with Crippen LogP contribution in [0.2, 0.25) is 0 Å². The van der Waals surface area contributed by atoms with Crippen molar-refractivity contribution in [2.24, 2.45) is 0 Å². The molecule has 19 heavy (non-hydrogen) atoms. The van der Waals surface area contributed by atoms with Crippen LogP contribution in [0.5, 0.6) is 0 Å². The molecule has 0 saturated heterocycles. The highest BCUT2D eigenvalue weighted by Crippen LogP contribution is 2.20. The van der Waals surface area contributed by atoms with E-state index >= 15 is 0 Å². The maximum Gasteiger partial charge on any atom is 0.255 e. The van der Waals surface area contributed by atoms with Crippen LogP contribution in [0.25, 0.3) is 0 Å². The smallest absolute Gasteiger partial charge is 0.255 e. The SMILES string of the molecule is Cc1cc(F)ccc1NC(=O)c1ccc(F)c(Br)c1. The Morgan fingerprint density at radius 1 is 1.16 bits per heavy atom. The highest BCUT2D eigenvalue weighted by Gasteiger charge is 2.10. The minimum atomic E-state index is -0.436. The van der Waals surface area contributed by atoms with E-state index in [0.717, 1.165) is 0 Å². The van der Waals surface area contributed by atoms with Crippen molar-refractivity contribution in [3.8, 4) is 0 Å². The second-order valence-corrected chi connectivity index (χ2v) is 4.90. The molecule has 0 fully saturated rings. The lowest BCUT2D eigenvalue weighted by molar-refractivity contribution is 0.102. The number of rotatable bonds is 2. The van der Waals surface area contributed by atoms with Gasteiger partial charge in [0.15, 0.2) is 0 Å². The first kappa shape index (κ1) is 13.7. The lowest BCUT2D eigenvalue weighted by atomic mass is 10.1. The number of carbonyl (C=O) groups excluding carboxylic acids is 1. The van der Waals surface area contributed by atoms with Crippen molar-refractivity contribution in [3.05, 3.63) is 63.6 Å². The fraction of sp³-hybridized carbons (Fsp3) is 0.0714. The van der Waals surface area contributed by atoms with Crippen molar-refractivity contribution in [1.82, 2.24) is 0 Å². The van der Waals surface area contributed by atoms with Crippen LogP contribution in [0.1, 0.15) is 15.9 Å². The summed E-state index contributed by atoms with van der Waals surface area (Å²) in [5.41, 5.74) is 1.46. The zero-order valence-electron chi connectivity index (χ0n) is 10.0. The monoisotopic (exact) mass is 325 g/mol. The summed E-state index contributed by atoms with van der Waals surface area (Å²) in [6, 6.07) is 8.06. The first-order chi connectivity index (χ1) is 8.97. The summed E-state index contributed by atoms with van der Waals surface area (Å²) in [7, 11) is 0. The maximum atomic E-state index is 13.1. The molecule has 2 nitrogen and oxygen atoms in total. The Labute approximate surface area is 117 Å². The molecule has 1 N–H and O–H groups in total. The molecule has 2 rings (SSSR count). The number of anilines is 1. The van der Waals surface area contributed by atoms with Crippen LogP contribution in [-0.4, -0.2) is 5.91 Å². The topological polar surface area (TPSA) is 29.1 Å². The van der Waals surface area contributed by atoms with Gasteiger partial charge in [-0.2, -0.15) is 0 Å². The van der Waals surface area contributed by atoms with Gasteiger partial charge in [0.2, 0.25) is 0 Å². The van der Waals surface area contributed by atoms with E-state index in [1.165, 1.54) is 36.4 Å². The fourth-order valence-corrected chi connectivity index (χ4v) is 1.98. The summed E-state index contributed by atoms with van der Waals surface area (Å²) in [4.78, 5) is 12.0. The molecule has 1 amide bonds. The van der Waals surface area contributed by atoms with E-state index in [-0.39, 0.29) is 16.2 Å². The Morgan fingerprint density at radius 2 is 1.89 bits per heavy atom. The normalized spacial score (nSPS) is 10.3. The van der Waals surface area contributed by atoms with Gasteiger partial charge in [0.25, 0.3) is 5.91 Å². The Bertz CT molecular complexity index is 643. The van der Waals surface area contributed by atoms with Crippen LogP contribution in [0.15, 0.2) is 40.9 Å². The molecule has 0 aliphatic rings. The number of amides is 1. The van der Waals surface area contributed by atoms with E-state index in [1.807, 2.05) is 0 Å². The summed E-state index contributed by atoms with van der Waals surface area (Å²) < 4.78 is 26.2. The average Bonchev–Trinajstić information content (AvgIpc) is 2.36. The second kappa shape index (κ2) is 5.48. The maximum absolute atomic E-state index is 13.1. The molecule has 0 heterocycles. The third kappa shape index (κ3) is 3.17. The van der Waals surface area contributed by atoms with Crippen molar-refractivity contribution < 1.29 is 13.6 Å². The lowest BCUT2D eigenvalue weighted by Gasteiger charge is -2.08. The van der Waals surface area contributed by atoms with Gasteiger partial charge in [0.1, 0.15) is 11.6 Å². The summed E-state index contributed by atoms with van der Waals surface area (Å²) in [6.45, 7) is 1.69. The molecule has 0 bridgehead atoms. The molecule has 2 aromatic carbocycles.